The lowest BCUT2D eigenvalue weighted by Gasteiger charge is -2.25. The molecule has 0 aliphatic rings. The van der Waals surface area contributed by atoms with Crippen LogP contribution in [0.25, 0.3) is 27.5 Å². The van der Waals surface area contributed by atoms with Gasteiger partial charge in [0.05, 0.1) is 18.4 Å². The van der Waals surface area contributed by atoms with E-state index < -0.39 is 0 Å². The zero-order chi connectivity index (χ0) is 23.7. The van der Waals surface area contributed by atoms with Crippen molar-refractivity contribution in [1.82, 2.24) is 0 Å². The number of Topliss-reactive ketones (excluding diaryl/α,β-unsaturated/α-hetero) is 1. The van der Waals surface area contributed by atoms with Gasteiger partial charge in [0.15, 0.2) is 11.4 Å². The lowest BCUT2D eigenvalue weighted by atomic mass is 10.0. The van der Waals surface area contributed by atoms with Crippen LogP contribution >= 0.6 is 0 Å². The Labute approximate surface area is 198 Å². The molecule has 5 aromatic rings. The zero-order valence-electron chi connectivity index (χ0n) is 19.4. The van der Waals surface area contributed by atoms with Crippen LogP contribution in [0.2, 0.25) is 0 Å². The third-order valence-electron chi connectivity index (χ3n) is 6.06. The Balaban J connectivity index is 1.70. The number of ether oxygens (including phenoxy) is 1. The summed E-state index contributed by atoms with van der Waals surface area (Å²) >= 11 is 0. The molecule has 1 heterocycles. The second-order valence-electron chi connectivity index (χ2n) is 8.16. The van der Waals surface area contributed by atoms with Crippen LogP contribution < -0.4 is 4.90 Å². The first-order valence-corrected chi connectivity index (χ1v) is 11.2. The van der Waals surface area contributed by atoms with Crippen LogP contribution in [0.3, 0.4) is 0 Å². The maximum absolute atomic E-state index is 12.3. The first-order chi connectivity index (χ1) is 16.6. The average molecular weight is 448 g/mol. The van der Waals surface area contributed by atoms with Crippen molar-refractivity contribution in [3.63, 3.8) is 0 Å². The largest absolute Gasteiger partial charge is 0.501 e. The third kappa shape index (κ3) is 3.73. The quantitative estimate of drug-likeness (QED) is 0.195. The Bertz CT molecular complexity index is 1510. The van der Waals surface area contributed by atoms with Crippen LogP contribution in [0.1, 0.15) is 19.4 Å². The molecule has 4 aromatic carbocycles. The van der Waals surface area contributed by atoms with E-state index in [1.807, 2.05) is 67.6 Å². The number of anilines is 3. The molecule has 4 heteroatoms. The van der Waals surface area contributed by atoms with Crippen LogP contribution in [-0.4, -0.2) is 12.9 Å². The monoisotopic (exact) mass is 447 g/mol. The molecule has 0 saturated heterocycles. The van der Waals surface area contributed by atoms with Gasteiger partial charge in [-0.25, -0.2) is 0 Å². The molecular formula is C30H25NO3. The number of furan rings is 1. The van der Waals surface area contributed by atoms with Crippen molar-refractivity contribution in [2.45, 2.75) is 13.8 Å². The Kier molecular flexibility index (Phi) is 5.64. The maximum Gasteiger partial charge on any atom is 0.163 e. The van der Waals surface area contributed by atoms with E-state index in [9.17, 15) is 4.79 Å². The summed E-state index contributed by atoms with van der Waals surface area (Å²) < 4.78 is 11.7. The van der Waals surface area contributed by atoms with Crippen molar-refractivity contribution in [2.24, 2.45) is 0 Å². The molecule has 0 amide bonds. The molecule has 0 aliphatic carbocycles. The number of fused-ring (bicyclic) bond motifs is 3. The summed E-state index contributed by atoms with van der Waals surface area (Å²) in [5.41, 5.74) is 6.02. The molecule has 0 spiro atoms. The molecule has 0 atom stereocenters. The molecule has 0 saturated carbocycles. The van der Waals surface area contributed by atoms with E-state index in [2.05, 4.69) is 41.3 Å². The molecule has 1 aromatic heterocycles. The highest BCUT2D eigenvalue weighted by Gasteiger charge is 2.19. The molecule has 5 rings (SSSR count). The van der Waals surface area contributed by atoms with Crippen molar-refractivity contribution in [1.29, 1.82) is 0 Å². The number of benzene rings is 4. The van der Waals surface area contributed by atoms with Gasteiger partial charge in [-0.2, -0.15) is 0 Å². The summed E-state index contributed by atoms with van der Waals surface area (Å²) in [6, 6.07) is 32.5. The van der Waals surface area contributed by atoms with Crippen molar-refractivity contribution in [3.05, 3.63) is 108 Å². The Morgan fingerprint density at radius 2 is 1.38 bits per heavy atom. The number of ketones is 1. The van der Waals surface area contributed by atoms with Crippen LogP contribution in [0.15, 0.2) is 107 Å². The van der Waals surface area contributed by atoms with Crippen LogP contribution in [0.4, 0.5) is 17.1 Å². The molecule has 4 nitrogen and oxygen atoms in total. The second-order valence-corrected chi connectivity index (χ2v) is 8.16. The highest BCUT2D eigenvalue weighted by atomic mass is 16.5. The first kappa shape index (κ1) is 21.5. The molecule has 0 fully saturated rings. The normalized spacial score (nSPS) is 12.0. The molecule has 0 bridgehead atoms. The van der Waals surface area contributed by atoms with Gasteiger partial charge < -0.3 is 14.1 Å². The van der Waals surface area contributed by atoms with Gasteiger partial charge in [-0.05, 0) is 55.8 Å². The highest BCUT2D eigenvalue weighted by Crippen LogP contribution is 2.42. The number of nitrogens with zero attached hydrogens (tertiary/aromatic N) is 1. The van der Waals surface area contributed by atoms with Gasteiger partial charge in [-0.15, -0.1) is 0 Å². The Hall–Kier alpha value is -4.31. The van der Waals surface area contributed by atoms with Gasteiger partial charge in [0.2, 0.25) is 0 Å². The zero-order valence-corrected chi connectivity index (χ0v) is 19.4. The minimum absolute atomic E-state index is 0.0286. The van der Waals surface area contributed by atoms with E-state index in [-0.39, 0.29) is 5.78 Å². The number of hydrogen-bond acceptors (Lipinski definition) is 4. The van der Waals surface area contributed by atoms with Gasteiger partial charge in [-0.3, -0.25) is 4.79 Å². The summed E-state index contributed by atoms with van der Waals surface area (Å²) in [6.45, 7) is 3.37. The molecule has 0 unspecified atom stereocenters. The number of hydrogen-bond donors (Lipinski definition) is 0. The molecular weight excluding hydrogens is 422 g/mol. The summed E-state index contributed by atoms with van der Waals surface area (Å²) in [5, 5.41) is 2.16. The van der Waals surface area contributed by atoms with Crippen LogP contribution in [0.5, 0.6) is 0 Å². The molecule has 34 heavy (non-hydrogen) atoms. The molecule has 168 valence electrons. The average Bonchev–Trinajstić information content (AvgIpc) is 3.25. The fourth-order valence-corrected chi connectivity index (χ4v) is 4.45. The summed E-state index contributed by atoms with van der Waals surface area (Å²) in [7, 11) is 1.58. The number of allylic oxidation sites excluding steroid dienone is 2. The fourth-order valence-electron chi connectivity index (χ4n) is 4.45. The fraction of sp³-hybridized carbons (Fsp3) is 0.100. The Morgan fingerprint density at radius 3 is 2.09 bits per heavy atom. The lowest BCUT2D eigenvalue weighted by Crippen LogP contribution is -2.10. The lowest BCUT2D eigenvalue weighted by molar-refractivity contribution is -0.111. The Morgan fingerprint density at radius 1 is 0.735 bits per heavy atom. The third-order valence-corrected chi connectivity index (χ3v) is 6.06. The number of carbonyl (C=O) groups excluding carboxylic acids is 1. The van der Waals surface area contributed by atoms with Crippen LogP contribution in [-0.2, 0) is 9.53 Å². The van der Waals surface area contributed by atoms with Crippen molar-refractivity contribution >= 4 is 50.4 Å². The van der Waals surface area contributed by atoms with Crippen molar-refractivity contribution in [2.75, 3.05) is 12.0 Å². The second kappa shape index (κ2) is 8.91. The number of carbonyl (C=O) groups is 1. The van der Waals surface area contributed by atoms with E-state index >= 15 is 0 Å². The van der Waals surface area contributed by atoms with E-state index in [4.69, 9.17) is 9.15 Å². The first-order valence-electron chi connectivity index (χ1n) is 11.2. The van der Waals surface area contributed by atoms with Crippen molar-refractivity contribution < 1.29 is 13.9 Å². The SMILES string of the molecule is CO/C(C)=C(\C(C)=O)c1ccc(N(c2ccccc2)c2cccc3c2oc2ccccc23)cc1. The molecule has 0 aliphatic heterocycles. The maximum atomic E-state index is 12.3. The van der Waals surface area contributed by atoms with E-state index in [0.29, 0.717) is 11.3 Å². The van der Waals surface area contributed by atoms with E-state index in [1.165, 1.54) is 0 Å². The summed E-state index contributed by atoms with van der Waals surface area (Å²) in [4.78, 5) is 14.5. The number of para-hydroxylation sites is 3. The topological polar surface area (TPSA) is 42.7 Å². The van der Waals surface area contributed by atoms with Crippen molar-refractivity contribution in [3.8, 4) is 0 Å². The molecule has 0 N–H and O–H groups in total. The van der Waals surface area contributed by atoms with Gasteiger partial charge in [0, 0.05) is 22.1 Å². The molecule has 0 radical (unpaired) electrons. The standard InChI is InChI=1S/C30H25NO3/c1-20(32)29(21(2)33-3)22-16-18-24(19-17-22)31(23-10-5-4-6-11-23)27-14-9-13-26-25-12-7-8-15-28(25)34-30(26)27/h4-19H,1-3H3/b29-21+. The van der Waals surface area contributed by atoms with Gasteiger partial charge in [0.25, 0.3) is 0 Å². The number of rotatable bonds is 6. The summed E-state index contributed by atoms with van der Waals surface area (Å²) in [6.07, 6.45) is 0. The van der Waals surface area contributed by atoms with Crippen LogP contribution in [0, 0.1) is 0 Å². The highest BCUT2D eigenvalue weighted by molar-refractivity contribution is 6.20. The van der Waals surface area contributed by atoms with Gasteiger partial charge in [-0.1, -0.05) is 60.7 Å². The van der Waals surface area contributed by atoms with E-state index in [0.717, 1.165) is 44.6 Å². The van der Waals surface area contributed by atoms with Gasteiger partial charge in [0.1, 0.15) is 11.3 Å². The predicted octanol–water partition coefficient (Wildman–Crippen LogP) is 8.02. The minimum atomic E-state index is -0.0286. The van der Waals surface area contributed by atoms with E-state index in [1.54, 1.807) is 14.0 Å². The predicted molar refractivity (Wildman–Crippen MR) is 139 cm³/mol. The minimum Gasteiger partial charge on any atom is -0.501 e. The smallest absolute Gasteiger partial charge is 0.163 e. The summed E-state index contributed by atoms with van der Waals surface area (Å²) in [5.74, 6) is 0.575. The number of methoxy groups -OCH3 is 1. The van der Waals surface area contributed by atoms with Gasteiger partial charge >= 0.3 is 0 Å².